The lowest BCUT2D eigenvalue weighted by Crippen LogP contribution is -2.38. The average Bonchev–Trinajstić information content (AvgIpc) is 2.38. The van der Waals surface area contributed by atoms with Crippen LogP contribution in [0.2, 0.25) is 0 Å². The summed E-state index contributed by atoms with van der Waals surface area (Å²) in [5, 5.41) is 18.2. The van der Waals surface area contributed by atoms with E-state index in [0.29, 0.717) is 4.57 Å². The van der Waals surface area contributed by atoms with Gasteiger partial charge in [-0.15, -0.1) is 0 Å². The second kappa shape index (κ2) is 5.08. The predicted molar refractivity (Wildman–Crippen MR) is 71.3 cm³/mol. The fraction of sp³-hybridized carbons (Fsp3) is 0.0769. The number of hydrogen-bond donors (Lipinski definition) is 3. The number of carbonyl (C=O) groups is 2. The van der Waals surface area contributed by atoms with Crippen LogP contribution in [0.5, 0.6) is 0 Å². The van der Waals surface area contributed by atoms with E-state index in [9.17, 15) is 24.3 Å². The molecule has 108 valence electrons. The summed E-state index contributed by atoms with van der Waals surface area (Å²) in [6.45, 7) is 1.79. The van der Waals surface area contributed by atoms with Crippen molar-refractivity contribution in [2.24, 2.45) is 0 Å². The van der Waals surface area contributed by atoms with Crippen LogP contribution in [-0.4, -0.2) is 31.7 Å². The Balaban J connectivity index is 2.94. The second-order valence-corrected chi connectivity index (χ2v) is 4.26. The molecule has 1 aromatic carbocycles. The lowest BCUT2D eigenvalue weighted by molar-refractivity contribution is 0.0640. The van der Waals surface area contributed by atoms with E-state index >= 15 is 0 Å². The van der Waals surface area contributed by atoms with Crippen LogP contribution in [0.3, 0.4) is 0 Å². The van der Waals surface area contributed by atoms with Gasteiger partial charge in [-0.05, 0) is 19.1 Å². The molecule has 1 aromatic heterocycles. The van der Waals surface area contributed by atoms with Gasteiger partial charge in [-0.3, -0.25) is 14.3 Å². The van der Waals surface area contributed by atoms with E-state index in [0.717, 1.165) is 5.56 Å². The number of benzene rings is 1. The molecular weight excluding hydrogens is 280 g/mol. The highest BCUT2D eigenvalue weighted by molar-refractivity contribution is 6.00. The van der Waals surface area contributed by atoms with Crippen molar-refractivity contribution in [2.45, 2.75) is 6.92 Å². The SMILES string of the molecule is Cc1ccc(-n2c(C(=O)O)c(C(=O)O)c(=O)[nH]c2=O)cc1. The number of carboxylic acid groups (broad SMARTS) is 2. The Labute approximate surface area is 116 Å². The number of aryl methyl sites for hydroxylation is 1. The van der Waals surface area contributed by atoms with E-state index < -0.39 is 34.4 Å². The molecule has 0 bridgehead atoms. The fourth-order valence-electron chi connectivity index (χ4n) is 1.88. The molecule has 0 aliphatic rings. The summed E-state index contributed by atoms with van der Waals surface area (Å²) in [6.07, 6.45) is 0. The molecule has 0 fully saturated rings. The van der Waals surface area contributed by atoms with Crippen molar-refractivity contribution in [3.05, 3.63) is 61.9 Å². The Hall–Kier alpha value is -3.16. The Morgan fingerprint density at radius 2 is 1.62 bits per heavy atom. The van der Waals surface area contributed by atoms with Gasteiger partial charge in [0, 0.05) is 0 Å². The lowest BCUT2D eigenvalue weighted by atomic mass is 10.2. The van der Waals surface area contributed by atoms with Crippen LogP contribution >= 0.6 is 0 Å². The van der Waals surface area contributed by atoms with Gasteiger partial charge in [0.1, 0.15) is 0 Å². The lowest BCUT2D eigenvalue weighted by Gasteiger charge is -2.11. The number of aromatic carboxylic acids is 2. The van der Waals surface area contributed by atoms with E-state index in [2.05, 4.69) is 0 Å². The first-order chi connectivity index (χ1) is 9.82. The molecular formula is C13H10N2O6. The zero-order valence-corrected chi connectivity index (χ0v) is 10.8. The second-order valence-electron chi connectivity index (χ2n) is 4.26. The van der Waals surface area contributed by atoms with Gasteiger partial charge in [0.05, 0.1) is 5.69 Å². The van der Waals surface area contributed by atoms with Gasteiger partial charge < -0.3 is 10.2 Å². The zero-order chi connectivity index (χ0) is 15.7. The van der Waals surface area contributed by atoms with Crippen molar-refractivity contribution in [1.29, 1.82) is 0 Å². The smallest absolute Gasteiger partial charge is 0.354 e. The summed E-state index contributed by atoms with van der Waals surface area (Å²) in [4.78, 5) is 47.6. The quantitative estimate of drug-likeness (QED) is 0.742. The summed E-state index contributed by atoms with van der Waals surface area (Å²) in [6, 6.07) is 6.15. The topological polar surface area (TPSA) is 129 Å². The molecule has 0 spiro atoms. The van der Waals surface area contributed by atoms with Crippen LogP contribution in [0.4, 0.5) is 0 Å². The molecule has 21 heavy (non-hydrogen) atoms. The Bertz CT molecular complexity index is 844. The predicted octanol–water partition coefficient (Wildman–Crippen LogP) is 0.231. The van der Waals surface area contributed by atoms with Crippen LogP contribution in [0.25, 0.3) is 5.69 Å². The first-order valence-electron chi connectivity index (χ1n) is 5.76. The first kappa shape index (κ1) is 14.3. The van der Waals surface area contributed by atoms with Crippen molar-refractivity contribution in [1.82, 2.24) is 9.55 Å². The molecule has 0 unspecified atom stereocenters. The van der Waals surface area contributed by atoms with Crippen molar-refractivity contribution in [3.63, 3.8) is 0 Å². The molecule has 3 N–H and O–H groups in total. The van der Waals surface area contributed by atoms with E-state index in [1.165, 1.54) is 12.1 Å². The standard InChI is InChI=1S/C13H10N2O6/c1-6-2-4-7(5-3-6)15-9(12(19)20)8(11(17)18)10(16)14-13(15)21/h2-5H,1H3,(H,17,18)(H,19,20)(H,14,16,21). The van der Waals surface area contributed by atoms with Crippen LogP contribution in [0, 0.1) is 6.92 Å². The van der Waals surface area contributed by atoms with E-state index in [-0.39, 0.29) is 5.69 Å². The highest BCUT2D eigenvalue weighted by Crippen LogP contribution is 2.12. The third-order valence-electron chi connectivity index (χ3n) is 2.82. The molecule has 0 aliphatic carbocycles. The van der Waals surface area contributed by atoms with Crippen molar-refractivity contribution < 1.29 is 19.8 Å². The molecule has 8 heteroatoms. The summed E-state index contributed by atoms with van der Waals surface area (Å²) in [5.41, 5.74) is -3.16. The third-order valence-corrected chi connectivity index (χ3v) is 2.82. The van der Waals surface area contributed by atoms with Gasteiger partial charge in [-0.1, -0.05) is 17.7 Å². The van der Waals surface area contributed by atoms with Gasteiger partial charge in [-0.25, -0.2) is 14.4 Å². The highest BCUT2D eigenvalue weighted by atomic mass is 16.4. The highest BCUT2D eigenvalue weighted by Gasteiger charge is 2.26. The van der Waals surface area contributed by atoms with Crippen LogP contribution in [0.1, 0.15) is 26.4 Å². The minimum Gasteiger partial charge on any atom is -0.477 e. The van der Waals surface area contributed by atoms with E-state index in [1.54, 1.807) is 24.0 Å². The van der Waals surface area contributed by atoms with Gasteiger partial charge in [0.25, 0.3) is 5.56 Å². The Morgan fingerprint density at radius 1 is 1.05 bits per heavy atom. The number of nitrogens with zero attached hydrogens (tertiary/aromatic N) is 1. The maximum absolute atomic E-state index is 11.9. The molecule has 0 radical (unpaired) electrons. The van der Waals surface area contributed by atoms with Crippen LogP contribution in [0.15, 0.2) is 33.9 Å². The molecule has 0 aliphatic heterocycles. The van der Waals surface area contributed by atoms with Crippen molar-refractivity contribution in [2.75, 3.05) is 0 Å². The molecule has 2 aromatic rings. The normalized spacial score (nSPS) is 10.3. The van der Waals surface area contributed by atoms with Gasteiger partial charge >= 0.3 is 17.6 Å². The number of hydrogen-bond acceptors (Lipinski definition) is 4. The molecule has 0 saturated carbocycles. The molecule has 2 rings (SSSR count). The Morgan fingerprint density at radius 3 is 2.10 bits per heavy atom. The molecule has 1 heterocycles. The molecule has 8 nitrogen and oxygen atoms in total. The summed E-state index contributed by atoms with van der Waals surface area (Å²) >= 11 is 0. The summed E-state index contributed by atoms with van der Waals surface area (Å²) in [7, 11) is 0. The summed E-state index contributed by atoms with van der Waals surface area (Å²) < 4.78 is 0.645. The minimum absolute atomic E-state index is 0.141. The van der Waals surface area contributed by atoms with Crippen molar-refractivity contribution >= 4 is 11.9 Å². The fourth-order valence-corrected chi connectivity index (χ4v) is 1.88. The molecule has 0 atom stereocenters. The summed E-state index contributed by atoms with van der Waals surface area (Å²) in [5.74, 6) is -3.41. The minimum atomic E-state index is -1.73. The first-order valence-corrected chi connectivity index (χ1v) is 5.76. The largest absolute Gasteiger partial charge is 0.477 e. The number of rotatable bonds is 3. The van der Waals surface area contributed by atoms with Gasteiger partial charge in [0.15, 0.2) is 11.3 Å². The monoisotopic (exact) mass is 290 g/mol. The number of aromatic nitrogens is 2. The number of H-pyrrole nitrogens is 1. The van der Waals surface area contributed by atoms with Crippen LogP contribution < -0.4 is 11.2 Å². The van der Waals surface area contributed by atoms with E-state index in [4.69, 9.17) is 5.11 Å². The Kier molecular flexibility index (Phi) is 3.45. The maximum Gasteiger partial charge on any atom is 0.354 e. The maximum atomic E-state index is 11.9. The average molecular weight is 290 g/mol. The number of nitrogens with one attached hydrogen (secondary N) is 1. The number of aromatic amines is 1. The number of carboxylic acids is 2. The van der Waals surface area contributed by atoms with Gasteiger partial charge in [0.2, 0.25) is 0 Å². The van der Waals surface area contributed by atoms with Gasteiger partial charge in [-0.2, -0.15) is 0 Å². The van der Waals surface area contributed by atoms with Crippen molar-refractivity contribution in [3.8, 4) is 5.69 Å². The van der Waals surface area contributed by atoms with Crippen LogP contribution in [-0.2, 0) is 0 Å². The molecule has 0 saturated heterocycles. The third kappa shape index (κ3) is 2.46. The van der Waals surface area contributed by atoms with E-state index in [1.807, 2.05) is 0 Å². The molecule has 0 amide bonds. The zero-order valence-electron chi connectivity index (χ0n) is 10.8.